The maximum atomic E-state index is 10.6. The van der Waals surface area contributed by atoms with Gasteiger partial charge in [0.05, 0.1) is 14.2 Å². The number of hydrogen-bond acceptors (Lipinski definition) is 3. The van der Waals surface area contributed by atoms with E-state index in [1.807, 2.05) is 43.3 Å². The van der Waals surface area contributed by atoms with Crippen molar-refractivity contribution in [1.82, 2.24) is 0 Å². The summed E-state index contributed by atoms with van der Waals surface area (Å²) in [7, 11) is 3.17. The molecule has 0 fully saturated rings. The van der Waals surface area contributed by atoms with Crippen LogP contribution in [0.4, 0.5) is 0 Å². The molecular weight excluding hydrogens is 252 g/mol. The first-order valence-corrected chi connectivity index (χ1v) is 6.54. The molecule has 2 aromatic rings. The molecule has 0 bridgehead atoms. The second-order valence-electron chi connectivity index (χ2n) is 4.83. The SMILES string of the molecule is COc1cccc(C(O)c2ccc(C)c(C)c2)c1OC. The molecular formula is C17H20O3. The van der Waals surface area contributed by atoms with E-state index in [1.165, 1.54) is 5.56 Å². The smallest absolute Gasteiger partial charge is 0.166 e. The Morgan fingerprint density at radius 2 is 1.70 bits per heavy atom. The van der Waals surface area contributed by atoms with Gasteiger partial charge in [0, 0.05) is 5.56 Å². The van der Waals surface area contributed by atoms with Crippen LogP contribution in [0.2, 0.25) is 0 Å². The van der Waals surface area contributed by atoms with Crippen molar-refractivity contribution in [3.05, 3.63) is 58.7 Å². The molecule has 106 valence electrons. The normalized spacial score (nSPS) is 12.1. The van der Waals surface area contributed by atoms with Gasteiger partial charge in [-0.05, 0) is 36.6 Å². The van der Waals surface area contributed by atoms with E-state index in [4.69, 9.17) is 9.47 Å². The lowest BCUT2D eigenvalue weighted by molar-refractivity contribution is 0.213. The van der Waals surface area contributed by atoms with Crippen LogP contribution in [0.15, 0.2) is 36.4 Å². The summed E-state index contributed by atoms with van der Waals surface area (Å²) in [6, 6.07) is 11.5. The Balaban J connectivity index is 2.47. The van der Waals surface area contributed by atoms with Gasteiger partial charge in [0.2, 0.25) is 0 Å². The Hall–Kier alpha value is -2.00. The molecule has 20 heavy (non-hydrogen) atoms. The molecule has 0 heterocycles. The number of aliphatic hydroxyl groups is 1. The summed E-state index contributed by atoms with van der Waals surface area (Å²) in [5, 5.41) is 10.6. The second kappa shape index (κ2) is 5.97. The third kappa shape index (κ3) is 2.63. The van der Waals surface area contributed by atoms with E-state index >= 15 is 0 Å². The second-order valence-corrected chi connectivity index (χ2v) is 4.83. The lowest BCUT2D eigenvalue weighted by Crippen LogP contribution is -2.04. The average molecular weight is 272 g/mol. The summed E-state index contributed by atoms with van der Waals surface area (Å²) < 4.78 is 10.6. The molecule has 3 nitrogen and oxygen atoms in total. The van der Waals surface area contributed by atoms with Gasteiger partial charge in [0.1, 0.15) is 6.10 Å². The number of methoxy groups -OCH3 is 2. The standard InChI is InChI=1S/C17H20O3/c1-11-8-9-13(10-12(11)2)16(18)14-6-5-7-15(19-3)17(14)20-4/h5-10,16,18H,1-4H3. The van der Waals surface area contributed by atoms with Gasteiger partial charge in [-0.2, -0.15) is 0 Å². The van der Waals surface area contributed by atoms with Crippen LogP contribution < -0.4 is 9.47 Å². The van der Waals surface area contributed by atoms with Crippen molar-refractivity contribution in [2.75, 3.05) is 14.2 Å². The highest BCUT2D eigenvalue weighted by atomic mass is 16.5. The number of rotatable bonds is 4. The van der Waals surface area contributed by atoms with Crippen molar-refractivity contribution in [1.29, 1.82) is 0 Å². The quantitative estimate of drug-likeness (QED) is 0.927. The van der Waals surface area contributed by atoms with E-state index in [1.54, 1.807) is 14.2 Å². The summed E-state index contributed by atoms with van der Waals surface area (Å²) in [5.74, 6) is 1.19. The van der Waals surface area contributed by atoms with Gasteiger partial charge in [-0.25, -0.2) is 0 Å². The molecule has 0 radical (unpaired) electrons. The highest BCUT2D eigenvalue weighted by molar-refractivity contribution is 5.50. The molecule has 0 aliphatic rings. The number of hydrogen-bond donors (Lipinski definition) is 1. The Kier molecular flexibility index (Phi) is 4.30. The van der Waals surface area contributed by atoms with E-state index in [-0.39, 0.29) is 0 Å². The molecule has 0 saturated heterocycles. The molecule has 0 aliphatic heterocycles. The minimum Gasteiger partial charge on any atom is -0.493 e. The molecule has 0 aliphatic carbocycles. The zero-order chi connectivity index (χ0) is 14.7. The van der Waals surface area contributed by atoms with E-state index in [9.17, 15) is 5.11 Å². The molecule has 1 atom stereocenters. The monoisotopic (exact) mass is 272 g/mol. The van der Waals surface area contributed by atoms with Crippen molar-refractivity contribution in [3.63, 3.8) is 0 Å². The first-order valence-electron chi connectivity index (χ1n) is 6.54. The molecule has 1 unspecified atom stereocenters. The minimum absolute atomic E-state index is 0.570. The van der Waals surface area contributed by atoms with E-state index in [2.05, 4.69) is 6.92 Å². The summed E-state index contributed by atoms with van der Waals surface area (Å²) in [4.78, 5) is 0. The highest BCUT2D eigenvalue weighted by Gasteiger charge is 2.18. The number of aliphatic hydroxyl groups excluding tert-OH is 1. The molecule has 0 aromatic heterocycles. The van der Waals surface area contributed by atoms with Gasteiger partial charge in [0.25, 0.3) is 0 Å². The van der Waals surface area contributed by atoms with E-state index in [0.29, 0.717) is 17.1 Å². The van der Waals surface area contributed by atoms with Gasteiger partial charge in [-0.1, -0.05) is 30.3 Å². The Morgan fingerprint density at radius 3 is 2.30 bits per heavy atom. The molecule has 3 heteroatoms. The average Bonchev–Trinajstić information content (AvgIpc) is 2.48. The summed E-state index contributed by atoms with van der Waals surface area (Å²) in [5.41, 5.74) is 3.91. The van der Waals surface area contributed by atoms with E-state index < -0.39 is 6.10 Å². The third-order valence-corrected chi connectivity index (χ3v) is 3.57. The van der Waals surface area contributed by atoms with Crippen molar-refractivity contribution in [2.45, 2.75) is 20.0 Å². The summed E-state index contributed by atoms with van der Waals surface area (Å²) in [6.07, 6.45) is -0.737. The van der Waals surface area contributed by atoms with Gasteiger partial charge < -0.3 is 14.6 Å². The topological polar surface area (TPSA) is 38.7 Å². The molecule has 2 aromatic carbocycles. The zero-order valence-corrected chi connectivity index (χ0v) is 12.3. The Labute approximate surface area is 119 Å². The van der Waals surface area contributed by atoms with Crippen molar-refractivity contribution >= 4 is 0 Å². The first kappa shape index (κ1) is 14.4. The van der Waals surface area contributed by atoms with Crippen LogP contribution in [0.25, 0.3) is 0 Å². The van der Waals surface area contributed by atoms with Gasteiger partial charge >= 0.3 is 0 Å². The van der Waals surface area contributed by atoms with Crippen LogP contribution in [-0.4, -0.2) is 19.3 Å². The first-order chi connectivity index (χ1) is 9.58. The van der Waals surface area contributed by atoms with Crippen LogP contribution in [-0.2, 0) is 0 Å². The maximum absolute atomic E-state index is 10.6. The predicted octanol–water partition coefficient (Wildman–Crippen LogP) is 3.40. The largest absolute Gasteiger partial charge is 0.493 e. The van der Waals surface area contributed by atoms with Gasteiger partial charge in [-0.3, -0.25) is 0 Å². The summed E-state index contributed by atoms with van der Waals surface area (Å²) in [6.45, 7) is 4.09. The van der Waals surface area contributed by atoms with Crippen molar-refractivity contribution in [3.8, 4) is 11.5 Å². The van der Waals surface area contributed by atoms with E-state index in [0.717, 1.165) is 11.1 Å². The molecule has 0 saturated carbocycles. The maximum Gasteiger partial charge on any atom is 0.166 e. The van der Waals surface area contributed by atoms with Crippen LogP contribution >= 0.6 is 0 Å². The van der Waals surface area contributed by atoms with Crippen LogP contribution in [0.1, 0.15) is 28.4 Å². The van der Waals surface area contributed by atoms with Gasteiger partial charge in [0.15, 0.2) is 11.5 Å². The molecule has 2 rings (SSSR count). The number of aryl methyl sites for hydroxylation is 2. The number of benzene rings is 2. The predicted molar refractivity (Wildman–Crippen MR) is 79.5 cm³/mol. The third-order valence-electron chi connectivity index (χ3n) is 3.57. The Bertz CT molecular complexity index is 605. The van der Waals surface area contributed by atoms with Crippen LogP contribution in [0.3, 0.4) is 0 Å². The zero-order valence-electron chi connectivity index (χ0n) is 12.3. The Morgan fingerprint density at radius 1 is 0.950 bits per heavy atom. The molecule has 0 spiro atoms. The number of para-hydroxylation sites is 1. The molecule has 1 N–H and O–H groups in total. The molecule has 0 amide bonds. The highest BCUT2D eigenvalue weighted by Crippen LogP contribution is 2.37. The van der Waals surface area contributed by atoms with Gasteiger partial charge in [-0.15, -0.1) is 0 Å². The van der Waals surface area contributed by atoms with Crippen LogP contribution in [0.5, 0.6) is 11.5 Å². The lowest BCUT2D eigenvalue weighted by Gasteiger charge is -2.18. The summed E-state index contributed by atoms with van der Waals surface area (Å²) >= 11 is 0. The fourth-order valence-electron chi connectivity index (χ4n) is 2.24. The fraction of sp³-hybridized carbons (Fsp3) is 0.294. The lowest BCUT2D eigenvalue weighted by atomic mass is 9.97. The van der Waals surface area contributed by atoms with Crippen molar-refractivity contribution < 1.29 is 14.6 Å². The number of ether oxygens (including phenoxy) is 2. The van der Waals surface area contributed by atoms with Crippen LogP contribution in [0, 0.1) is 13.8 Å². The van der Waals surface area contributed by atoms with Crippen molar-refractivity contribution in [2.24, 2.45) is 0 Å². The fourth-order valence-corrected chi connectivity index (χ4v) is 2.24. The minimum atomic E-state index is -0.737.